The maximum Gasteiger partial charge on any atom is 0.416 e. The number of cyclic esters (lactones) is 1. The predicted molar refractivity (Wildman–Crippen MR) is 186 cm³/mol. The summed E-state index contributed by atoms with van der Waals surface area (Å²) in [5.74, 6) is 5.96. The molecular formula is C38H48N3O6S+. The Kier molecular flexibility index (Phi) is 10.8. The van der Waals surface area contributed by atoms with Crippen molar-refractivity contribution in [2.75, 3.05) is 7.05 Å². The van der Waals surface area contributed by atoms with Crippen LogP contribution in [-0.2, 0) is 19.1 Å². The second kappa shape index (κ2) is 14.7. The first kappa shape index (κ1) is 35.3. The van der Waals surface area contributed by atoms with E-state index in [4.69, 9.17) is 14.3 Å². The predicted octanol–water partition coefficient (Wildman–Crippen LogP) is 6.91. The topological polar surface area (TPSA) is 97.5 Å². The molecule has 0 aliphatic carbocycles. The lowest BCUT2D eigenvalue weighted by Crippen LogP contribution is -2.55. The van der Waals surface area contributed by atoms with Gasteiger partial charge < -0.3 is 14.3 Å². The fourth-order valence-corrected chi connectivity index (χ4v) is 8.94. The summed E-state index contributed by atoms with van der Waals surface area (Å²) in [6.07, 6.45) is 6.29. The molecule has 10 heteroatoms. The summed E-state index contributed by atoms with van der Waals surface area (Å²) >= 11 is 1.53. The first-order valence-electron chi connectivity index (χ1n) is 17.0. The largest absolute Gasteiger partial charge is 0.455 e. The van der Waals surface area contributed by atoms with Crippen molar-refractivity contribution in [2.45, 2.75) is 104 Å². The third kappa shape index (κ3) is 7.52. The highest BCUT2D eigenvalue weighted by atomic mass is 32.1. The van der Waals surface area contributed by atoms with E-state index in [0.717, 1.165) is 27.5 Å². The standard InChI is InChI=1S/C38H48N3O6S/c1-8-32-38(6)33-27(4)41(21-13-17-31(33)35(43)46-38)26(3)23-37(5,22-25(2)34(42)40(7)36(44)45-32)20-12-16-29-18-19-30(48-29)24-39-47-28-14-10-9-11-15-28/h9-11,14-15,18-19,21,24-27,31-33H,8,13,17,20,22-23H2,1-7H3/q+1/t25-,26-,27-,31?,32-,33+,37+,38-/m1/s1. The summed E-state index contributed by atoms with van der Waals surface area (Å²) in [4.78, 5) is 48.7. The van der Waals surface area contributed by atoms with Gasteiger partial charge in [-0.2, -0.15) is 0 Å². The van der Waals surface area contributed by atoms with Gasteiger partial charge in [-0.1, -0.05) is 56.0 Å². The smallest absolute Gasteiger partial charge is 0.416 e. The van der Waals surface area contributed by atoms with Crippen LogP contribution in [0.5, 0.6) is 5.75 Å². The third-order valence-corrected chi connectivity index (χ3v) is 11.3. The van der Waals surface area contributed by atoms with Gasteiger partial charge in [0, 0.05) is 32.2 Å². The number of oxime groups is 1. The molecule has 0 saturated carbocycles. The van der Waals surface area contributed by atoms with Gasteiger partial charge in [0.15, 0.2) is 17.4 Å². The third-order valence-electron chi connectivity index (χ3n) is 10.3. The van der Waals surface area contributed by atoms with E-state index in [9.17, 15) is 14.4 Å². The van der Waals surface area contributed by atoms with E-state index in [1.807, 2.05) is 63.2 Å². The van der Waals surface area contributed by atoms with E-state index in [2.05, 4.69) is 48.6 Å². The molecular weight excluding hydrogens is 627 g/mol. The number of hydrogen-bond donors (Lipinski definition) is 0. The van der Waals surface area contributed by atoms with Crippen LogP contribution < -0.4 is 4.84 Å². The van der Waals surface area contributed by atoms with Crippen LogP contribution in [0.2, 0.25) is 0 Å². The Labute approximate surface area is 288 Å². The number of thiophene rings is 1. The summed E-state index contributed by atoms with van der Waals surface area (Å²) in [6, 6.07) is 13.4. The minimum atomic E-state index is -1.02. The van der Waals surface area contributed by atoms with Crippen molar-refractivity contribution in [3.8, 4) is 17.6 Å². The minimum absolute atomic E-state index is 0.0381. The van der Waals surface area contributed by atoms with Crippen LogP contribution in [0.15, 0.2) is 47.6 Å². The number of hydrogen-bond acceptors (Lipinski definition) is 8. The highest BCUT2D eigenvalue weighted by Gasteiger charge is 2.62. The molecule has 4 heterocycles. The second-order valence-corrected chi connectivity index (χ2v) is 15.3. The lowest BCUT2D eigenvalue weighted by molar-refractivity contribution is -0.604. The first-order chi connectivity index (χ1) is 22.8. The van der Waals surface area contributed by atoms with Crippen molar-refractivity contribution in [2.24, 2.45) is 28.3 Å². The zero-order chi connectivity index (χ0) is 34.6. The van der Waals surface area contributed by atoms with E-state index in [1.54, 1.807) is 6.21 Å². The lowest BCUT2D eigenvalue weighted by Gasteiger charge is -2.40. The van der Waals surface area contributed by atoms with Gasteiger partial charge in [-0.15, -0.1) is 11.3 Å². The van der Waals surface area contributed by atoms with E-state index >= 15 is 0 Å². The van der Waals surface area contributed by atoms with Crippen LogP contribution in [0, 0.1) is 35.0 Å². The highest BCUT2D eigenvalue weighted by molar-refractivity contribution is 7.14. The Balaban J connectivity index is 1.41. The van der Waals surface area contributed by atoms with Gasteiger partial charge in [-0.05, 0) is 69.7 Å². The fourth-order valence-electron chi connectivity index (χ4n) is 8.19. The number of carbonyl (C=O) groups excluding carboxylic acids is 3. The molecule has 256 valence electrons. The summed E-state index contributed by atoms with van der Waals surface area (Å²) in [5.41, 5.74) is -1.37. The zero-order valence-corrected chi connectivity index (χ0v) is 29.9. The van der Waals surface area contributed by atoms with Crippen molar-refractivity contribution < 1.29 is 33.3 Å². The van der Waals surface area contributed by atoms with E-state index in [0.29, 0.717) is 31.4 Å². The molecule has 2 amide bonds. The Morgan fingerprint density at radius 1 is 1.10 bits per heavy atom. The average Bonchev–Trinajstić information content (AvgIpc) is 3.54. The molecule has 1 aromatic carbocycles. The monoisotopic (exact) mass is 674 g/mol. The SMILES string of the molecule is CC[C@H]1OC(=O)N(C)C(=O)[C@H](C)C[C@](C)(CC#Cc2ccc(C=NOc3ccccc3)s2)C[C@@H](C)[N+]2=CCCC3C(=O)O[C@@]1(C)[C@H]3[C@H]2C. The Hall–Kier alpha value is -3.97. The average molecular weight is 675 g/mol. The number of nitrogens with zero attached hydrogens (tertiary/aromatic N) is 3. The molecule has 2 fully saturated rings. The van der Waals surface area contributed by atoms with Gasteiger partial charge in [0.1, 0.15) is 18.4 Å². The second-order valence-electron chi connectivity index (χ2n) is 14.2. The molecule has 2 bridgehead atoms. The van der Waals surface area contributed by atoms with Crippen LogP contribution in [-0.4, -0.2) is 70.7 Å². The number of para-hydroxylation sites is 1. The molecule has 0 spiro atoms. The lowest BCUT2D eigenvalue weighted by atomic mass is 9.72. The zero-order valence-electron chi connectivity index (χ0n) is 29.1. The molecule has 1 aromatic heterocycles. The minimum Gasteiger partial charge on any atom is -0.455 e. The van der Waals surface area contributed by atoms with Crippen molar-refractivity contribution in [3.63, 3.8) is 0 Å². The highest BCUT2D eigenvalue weighted by Crippen LogP contribution is 2.48. The molecule has 3 aliphatic rings. The molecule has 5 rings (SSSR count). The number of benzene rings is 1. The van der Waals surface area contributed by atoms with Gasteiger partial charge in [0.05, 0.1) is 27.8 Å². The number of amides is 2. The van der Waals surface area contributed by atoms with Gasteiger partial charge in [0.2, 0.25) is 5.91 Å². The number of carbonyl (C=O) groups is 3. The first-order valence-corrected chi connectivity index (χ1v) is 17.8. The van der Waals surface area contributed by atoms with Gasteiger partial charge in [-0.25, -0.2) is 9.37 Å². The van der Waals surface area contributed by atoms with Gasteiger partial charge >= 0.3 is 12.1 Å². The van der Waals surface area contributed by atoms with Crippen LogP contribution >= 0.6 is 11.3 Å². The number of imide groups is 1. The normalized spacial score (nSPS) is 32.8. The maximum absolute atomic E-state index is 13.6. The van der Waals surface area contributed by atoms with E-state index in [-0.39, 0.29) is 41.2 Å². The number of ether oxygens (including phenoxy) is 2. The van der Waals surface area contributed by atoms with Crippen molar-refractivity contribution in [1.29, 1.82) is 0 Å². The van der Waals surface area contributed by atoms with Crippen LogP contribution in [0.3, 0.4) is 0 Å². The fraction of sp³-hybridized carbons (Fsp3) is 0.553. The molecule has 0 N–H and O–H groups in total. The summed E-state index contributed by atoms with van der Waals surface area (Å²) in [6.45, 7) is 12.3. The summed E-state index contributed by atoms with van der Waals surface area (Å²) in [5, 5.41) is 4.09. The molecule has 3 aliphatic heterocycles. The van der Waals surface area contributed by atoms with E-state index < -0.39 is 23.7 Å². The van der Waals surface area contributed by atoms with Gasteiger partial charge in [-0.3, -0.25) is 14.5 Å². The summed E-state index contributed by atoms with van der Waals surface area (Å²) in [7, 11) is 1.47. The van der Waals surface area contributed by atoms with Crippen LogP contribution in [0.4, 0.5) is 4.79 Å². The number of rotatable bonds is 5. The number of esters is 1. The Morgan fingerprint density at radius 2 is 1.85 bits per heavy atom. The molecule has 48 heavy (non-hydrogen) atoms. The number of fused-ring (bicyclic) bond motifs is 1. The van der Waals surface area contributed by atoms with Crippen molar-refractivity contribution in [3.05, 3.63) is 52.2 Å². The molecule has 2 aromatic rings. The van der Waals surface area contributed by atoms with Crippen molar-refractivity contribution >= 4 is 41.7 Å². The Bertz CT molecular complexity index is 1630. The van der Waals surface area contributed by atoms with Gasteiger partial charge in [0.25, 0.3) is 0 Å². The maximum atomic E-state index is 13.6. The quantitative estimate of drug-likeness (QED) is 0.112. The molecule has 1 unspecified atom stereocenters. The van der Waals surface area contributed by atoms with Crippen LogP contribution in [0.1, 0.15) is 89.8 Å². The molecule has 9 nitrogen and oxygen atoms in total. The molecule has 2 saturated heterocycles. The molecule has 8 atom stereocenters. The Morgan fingerprint density at radius 3 is 2.58 bits per heavy atom. The van der Waals surface area contributed by atoms with E-state index in [1.165, 1.54) is 18.4 Å². The summed E-state index contributed by atoms with van der Waals surface area (Å²) < 4.78 is 14.5. The van der Waals surface area contributed by atoms with Crippen LogP contribution in [0.25, 0.3) is 0 Å². The molecule has 0 radical (unpaired) electrons. The van der Waals surface area contributed by atoms with Crippen molar-refractivity contribution in [1.82, 2.24) is 4.90 Å².